The molecule has 48 heteroatoms. The van der Waals surface area contributed by atoms with Gasteiger partial charge in [-0.3, -0.25) is 24.4 Å². The highest BCUT2D eigenvalue weighted by Crippen LogP contribution is 2.61. The van der Waals surface area contributed by atoms with Crippen LogP contribution in [0.1, 0.15) is 183 Å². The number of nitrogens with zero attached hydrogens (tertiary/aromatic N) is 13. The molecule has 2 aromatic carbocycles. The summed E-state index contributed by atoms with van der Waals surface area (Å²) in [5.74, 6) is -0.834. The summed E-state index contributed by atoms with van der Waals surface area (Å²) in [5.41, 5.74) is 14.6. The van der Waals surface area contributed by atoms with Crippen molar-refractivity contribution in [2.45, 2.75) is 224 Å². The van der Waals surface area contributed by atoms with Crippen molar-refractivity contribution in [3.8, 4) is 5.88 Å². The first-order chi connectivity index (χ1) is 65.7. The average Bonchev–Trinajstić information content (AvgIpc) is 0.827. The third-order valence-corrected chi connectivity index (χ3v) is 21.2. The van der Waals surface area contributed by atoms with E-state index in [-0.39, 0.29) is 94.9 Å². The Morgan fingerprint density at radius 1 is 0.582 bits per heavy atom. The van der Waals surface area contributed by atoms with E-state index in [0.29, 0.717) is 127 Å². The highest BCUT2D eigenvalue weighted by Gasteiger charge is 2.30. The van der Waals surface area contributed by atoms with Gasteiger partial charge in [-0.1, -0.05) is 148 Å². The van der Waals surface area contributed by atoms with E-state index in [4.69, 9.17) is 131 Å². The molecule has 5 aromatic heterocycles. The third-order valence-electron chi connectivity index (χ3n) is 18.9. The predicted octanol–water partition coefficient (Wildman–Crippen LogP) is 19.0. The van der Waals surface area contributed by atoms with Gasteiger partial charge in [-0.15, -0.1) is 32.1 Å². The van der Waals surface area contributed by atoms with E-state index in [1.165, 1.54) is 80.2 Å². The number of allylic oxidation sites excluding steroid dienone is 3. The first-order valence-corrected chi connectivity index (χ1v) is 52.1. The minimum absolute atomic E-state index is 0. The number of nitrogens with two attached hydrogens (primary N) is 3. The van der Waals surface area contributed by atoms with Crippen LogP contribution < -0.4 is 44.9 Å². The number of likely N-dealkylation sites (tertiary alicyclic amines) is 2. The van der Waals surface area contributed by atoms with Gasteiger partial charge in [0.05, 0.1) is 44.5 Å². The number of aromatic hydroxyl groups is 1. The Balaban J connectivity index is -0.000000495. The van der Waals surface area contributed by atoms with Crippen molar-refractivity contribution in [2.75, 3.05) is 102 Å². The van der Waals surface area contributed by atoms with Crippen LogP contribution in [0.15, 0.2) is 135 Å². The Morgan fingerprint density at radius 2 is 0.936 bits per heavy atom. The number of Topliss-reactive ketones (excluding diaryl/α,β-unsaturated/α-hetero) is 1. The number of amides is 2. The maximum absolute atomic E-state index is 12.2. The Morgan fingerprint density at radius 3 is 1.28 bits per heavy atom. The summed E-state index contributed by atoms with van der Waals surface area (Å²) in [6.45, 7) is 55.9. The summed E-state index contributed by atoms with van der Waals surface area (Å²) in [5, 5.41) is 21.4. The highest BCUT2D eigenvalue weighted by molar-refractivity contribution is 8.24. The fourth-order valence-corrected chi connectivity index (χ4v) is 13.5. The minimum Gasteiger partial charge on any atom is -1.00 e. The smallest absolute Gasteiger partial charge is 0.410 e. The molecule has 0 saturated carbocycles. The average molecular weight is 2260 g/mol. The normalized spacial score (nSPS) is 12.1. The summed E-state index contributed by atoms with van der Waals surface area (Å²) in [4.78, 5) is 110. The number of piperidine rings is 2. The van der Waals surface area contributed by atoms with Crippen LogP contribution in [0.4, 0.5) is 21.1 Å². The standard InChI is InChI=1S/C20H33ClN4O4.C13H22N.C10H14Cl2N2O2.C10H20N2O2.C10H15N.C9H14O3.C7H6Cl2N2.C7H8N2O2.C6H4Cl2N2O.CH4N2.Cl3OP.ClH2N.2ClH/c1-6-27-16(28-7-2)12-15-17(21)22-13-23-18(15)24-14-8-10-25(11-9-14)19(26)29-20(3,4)5;1-4-14(5-2,6-3)12-13-10-8-7-9-11-13;1-3-15-8(16-4-2)5-7-9(11)13-6-14-10(7)12;1-10(2,3)14-9(13)12-6-4-8(11)5-7-12;1-3-11(4-2)10-8-6-5-7-9-10;1-4-6-8(7(3)10)9(11)12-5-2;1-2-3-5-6(8)10-4-11-7(5)9;1-2-3-5-6(10)8-4-9-7(5)11;7-5-4(1-2-11)6(8)10-3-9-5;2-1-3;1-5(2,3)4;1-2;;/h13-14,16H,6-12H2,1-5H3,(H,22,23,24);7-11H,4-6,12H2,1-3H3;6,8H,3-5H2,1-2H3;8H,4-7,11H2,1-3H3;5-9H,3-4H2,1-2H3;4,8H,1,5-6H2,2-3H3;2,4H,1,3H2;2,4H,1,3H2,(H2,8,9,10,11);2-3H,1H2;1H,(H3,2,3);;2H2;2*1H/q;+1;;;;;;;;;;;;/p-1. The Hall–Kier alpha value is -7.20. The van der Waals surface area contributed by atoms with Crippen LogP contribution in [0.5, 0.6) is 5.88 Å². The van der Waals surface area contributed by atoms with E-state index in [1.807, 2.05) is 75.3 Å². The van der Waals surface area contributed by atoms with Gasteiger partial charge in [0.25, 0.3) is 5.56 Å². The molecule has 2 aliphatic heterocycles. The number of aromatic nitrogens is 10. The third kappa shape index (κ3) is 65.8. The largest absolute Gasteiger partial charge is 1.00 e. The number of aldehydes is 1. The van der Waals surface area contributed by atoms with E-state index in [1.54, 1.807) is 28.9 Å². The lowest BCUT2D eigenvalue weighted by Gasteiger charge is -2.35. The lowest BCUT2D eigenvalue weighted by Crippen LogP contribution is -3.00. The van der Waals surface area contributed by atoms with Crippen molar-refractivity contribution >= 4 is 192 Å². The van der Waals surface area contributed by atoms with Crippen LogP contribution in [-0.4, -0.2) is 234 Å². The van der Waals surface area contributed by atoms with E-state index in [0.717, 1.165) is 75.7 Å². The van der Waals surface area contributed by atoms with Crippen LogP contribution in [0.2, 0.25) is 36.1 Å². The molecule has 2 saturated heterocycles. The van der Waals surface area contributed by atoms with E-state index >= 15 is 0 Å². The topological polar surface area (TPSA) is 460 Å². The van der Waals surface area contributed by atoms with Crippen molar-refractivity contribution in [3.63, 3.8) is 0 Å². The molecule has 2 amide bonds. The second kappa shape index (κ2) is 82.9. The number of halogens is 13. The molecule has 0 spiro atoms. The molecule has 0 radical (unpaired) electrons. The number of quaternary nitrogens is 1. The van der Waals surface area contributed by atoms with Gasteiger partial charge in [0.2, 0.25) is 5.88 Å². The molecule has 7 aromatic rings. The molecular weight excluding hydrogens is 2120 g/mol. The second-order valence-electron chi connectivity index (χ2n) is 30.9. The SMILES string of the molecule is C=CCC(C(C)=O)C(=O)OCC.C=CCc1c(Cl)ncnc1Cl.C=CCc1c(O)nc[nH]c1=O.CC(C)(C)OC(=O)N1CCC(N)CC1.CCN(CC)c1ccccc1.CCOC(Cc1c(Cl)ncnc1Cl)OCC.CCOC(Cc1c(Cl)ncnc1NC1CCN(C(=O)OC(C)(C)C)CC1)OCC.CC[N+](CC)(CC)Cc1ccccc1.Cl.N=CN.NCl.O=CCc1c(Cl)ncnc1Cl.O=P(Cl)(Cl)Cl.[Cl-]. The maximum Gasteiger partial charge on any atom is 0.410 e. The monoisotopic (exact) mass is 2250 g/mol. The minimum atomic E-state index is -3.22. The number of ketones is 1. The van der Waals surface area contributed by atoms with Gasteiger partial charge in [-0.05, 0) is 214 Å². The number of benzene rings is 2. The quantitative estimate of drug-likeness (QED) is 0.00163. The summed E-state index contributed by atoms with van der Waals surface area (Å²) in [7, 11) is 0. The molecule has 1 unspecified atom stereocenters. The van der Waals surface area contributed by atoms with Crippen molar-refractivity contribution in [3.05, 3.63) is 210 Å². The number of ether oxygens (including phenoxy) is 7. The van der Waals surface area contributed by atoms with Gasteiger partial charge in [-0.2, -0.15) is 0 Å². The van der Waals surface area contributed by atoms with Crippen molar-refractivity contribution in [1.82, 2.24) is 59.6 Å². The summed E-state index contributed by atoms with van der Waals surface area (Å²) >= 11 is 58.9. The zero-order chi connectivity index (χ0) is 106. The van der Waals surface area contributed by atoms with E-state index in [9.17, 15) is 33.3 Å². The number of aromatic amines is 1. The van der Waals surface area contributed by atoms with Crippen LogP contribution in [0.3, 0.4) is 0 Å². The molecule has 10 N–H and O–H groups in total. The van der Waals surface area contributed by atoms with Crippen LogP contribution in [0.25, 0.3) is 0 Å². The first kappa shape index (κ1) is 142. The van der Waals surface area contributed by atoms with Crippen LogP contribution in [-0.2, 0) is 90.8 Å². The van der Waals surface area contributed by atoms with Crippen molar-refractivity contribution in [2.24, 2.45) is 22.6 Å². The fourth-order valence-electron chi connectivity index (χ4n) is 11.9. The highest BCUT2D eigenvalue weighted by atomic mass is 36.0. The number of H-pyrrole nitrogens is 1. The summed E-state index contributed by atoms with van der Waals surface area (Å²) in [6.07, 6.45) is 17.2. The molecule has 796 valence electrons. The lowest BCUT2D eigenvalue weighted by molar-refractivity contribution is -0.936. The van der Waals surface area contributed by atoms with Gasteiger partial charge in [0.15, 0.2) is 12.6 Å². The Bertz CT molecular complexity index is 4560. The van der Waals surface area contributed by atoms with Gasteiger partial charge >= 0.3 is 23.4 Å². The number of para-hydroxylation sites is 1. The molecule has 2 aliphatic rings. The van der Waals surface area contributed by atoms with E-state index in [2.05, 4.69) is 225 Å². The van der Waals surface area contributed by atoms with Crippen LogP contribution in [0, 0.1) is 11.3 Å². The summed E-state index contributed by atoms with van der Waals surface area (Å²) < 4.78 is 48.2. The maximum atomic E-state index is 12.2. The molecule has 141 heavy (non-hydrogen) atoms. The number of carbonyl (C=O) groups excluding carboxylic acids is 5. The number of hydrogen-bond acceptors (Lipinski definition) is 29. The fraction of sp³-hybridized carbons (Fsp3) is 0.527. The molecule has 0 aliphatic carbocycles. The summed E-state index contributed by atoms with van der Waals surface area (Å²) in [6, 6.07) is 21.7. The second-order valence-corrected chi connectivity index (χ2v) is 40.1. The Labute approximate surface area is 899 Å². The zero-order valence-electron chi connectivity index (χ0n) is 83.3. The lowest BCUT2D eigenvalue weighted by atomic mass is 10.0. The molecule has 9 rings (SSSR count). The van der Waals surface area contributed by atoms with Crippen molar-refractivity contribution < 1.29 is 83.7 Å². The molecule has 34 nitrogen and oxygen atoms in total. The predicted molar refractivity (Wildman–Crippen MR) is 571 cm³/mol. The molecular formula is C93H143Cl13N19O15P. The number of carbonyl (C=O) groups is 5. The Kier molecular flexibility index (Phi) is 83.6. The number of nitrogens with one attached hydrogen (secondary N) is 3. The molecule has 7 heterocycles. The van der Waals surface area contributed by atoms with Crippen molar-refractivity contribution in [1.29, 1.82) is 5.41 Å². The van der Waals surface area contributed by atoms with Gasteiger partial charge in [-0.25, -0.2) is 59.7 Å². The van der Waals surface area contributed by atoms with Crippen LogP contribution >= 0.6 is 144 Å². The molecule has 2 fully saturated rings. The molecule has 1 atom stereocenters. The number of anilines is 2. The molecule has 0 bridgehead atoms. The van der Waals surface area contributed by atoms with Gasteiger partial charge in [0, 0.05) is 137 Å². The number of esters is 1. The van der Waals surface area contributed by atoms with E-state index < -0.39 is 34.6 Å². The number of rotatable bonds is 33. The first-order valence-electron chi connectivity index (χ1n) is 44.6. The van der Waals surface area contributed by atoms with Gasteiger partial charge < -0.3 is 96.4 Å². The zero-order valence-corrected chi connectivity index (χ0v) is 94.1. The number of hydrogen-bond donors (Lipinski definition) is 7. The van der Waals surface area contributed by atoms with Gasteiger partial charge in [0.1, 0.15) is 103 Å².